The Morgan fingerprint density at radius 2 is 1.62 bits per heavy atom. The zero-order valence-electron chi connectivity index (χ0n) is 6.50. The summed E-state index contributed by atoms with van der Waals surface area (Å²) in [4.78, 5) is 10.5. The molecule has 0 unspecified atom stereocenters. The normalized spacial score (nSPS) is 18.8. The average molecular weight is 202 g/mol. The van der Waals surface area contributed by atoms with Gasteiger partial charge < -0.3 is 0 Å². The summed E-state index contributed by atoms with van der Waals surface area (Å²) in [5.41, 5.74) is 0. The zero-order chi connectivity index (χ0) is 10.3. The molecule has 0 radical (unpaired) electrons. The molecule has 0 heterocycles. The summed E-state index contributed by atoms with van der Waals surface area (Å²) in [6.45, 7) is 0. The van der Waals surface area contributed by atoms with Gasteiger partial charge in [-0.3, -0.25) is 4.79 Å². The fourth-order valence-electron chi connectivity index (χ4n) is 0.870. The molecule has 0 atom stereocenters. The van der Waals surface area contributed by atoms with Crippen molar-refractivity contribution in [2.24, 2.45) is 5.92 Å². The quantitative estimate of drug-likeness (QED) is 0.642. The van der Waals surface area contributed by atoms with Gasteiger partial charge in [0.25, 0.3) is 0 Å². The van der Waals surface area contributed by atoms with Gasteiger partial charge in [-0.15, -0.1) is 0 Å². The molecule has 0 N–H and O–H groups in total. The summed E-state index contributed by atoms with van der Waals surface area (Å²) in [7, 11) is 0. The largest absolute Gasteiger partial charge is 0.461 e. The number of carbonyl (C=O) groups is 1. The van der Waals surface area contributed by atoms with Crippen LogP contribution in [0.2, 0.25) is 0 Å². The van der Waals surface area contributed by atoms with Crippen molar-refractivity contribution < 1.29 is 26.7 Å². The SMILES string of the molecule is O=C(CC1CC1)C(F)(F)C(F)(F)F. The summed E-state index contributed by atoms with van der Waals surface area (Å²) in [5, 5.41) is 0. The maximum atomic E-state index is 12.2. The number of hydrogen-bond acceptors (Lipinski definition) is 1. The first-order valence-electron chi connectivity index (χ1n) is 3.73. The van der Waals surface area contributed by atoms with Gasteiger partial charge in [0.1, 0.15) is 0 Å². The number of alkyl halides is 5. The first-order valence-corrected chi connectivity index (χ1v) is 3.73. The van der Waals surface area contributed by atoms with Crippen LogP contribution in [0.5, 0.6) is 0 Å². The lowest BCUT2D eigenvalue weighted by Crippen LogP contribution is -2.44. The first kappa shape index (κ1) is 10.4. The number of ketones is 1. The van der Waals surface area contributed by atoms with E-state index in [0.717, 1.165) is 0 Å². The number of carbonyl (C=O) groups excluding carboxylic acids is 1. The highest BCUT2D eigenvalue weighted by Gasteiger charge is 2.62. The molecule has 0 aromatic heterocycles. The molecule has 0 amide bonds. The van der Waals surface area contributed by atoms with Crippen LogP contribution in [0.3, 0.4) is 0 Å². The molecule has 1 nitrogen and oxygen atoms in total. The Labute approximate surface area is 70.9 Å². The van der Waals surface area contributed by atoms with E-state index in [1.54, 1.807) is 0 Å². The van der Waals surface area contributed by atoms with E-state index in [1.165, 1.54) is 0 Å². The molecule has 0 spiro atoms. The van der Waals surface area contributed by atoms with Crippen molar-refractivity contribution in [1.82, 2.24) is 0 Å². The molecule has 1 fully saturated rings. The first-order chi connectivity index (χ1) is 5.75. The minimum Gasteiger partial charge on any atom is -0.293 e. The second-order valence-electron chi connectivity index (χ2n) is 3.14. The van der Waals surface area contributed by atoms with Crippen molar-refractivity contribution in [3.63, 3.8) is 0 Å². The highest BCUT2D eigenvalue weighted by molar-refractivity contribution is 5.86. The smallest absolute Gasteiger partial charge is 0.293 e. The van der Waals surface area contributed by atoms with Gasteiger partial charge >= 0.3 is 12.1 Å². The van der Waals surface area contributed by atoms with Gasteiger partial charge in [0.15, 0.2) is 0 Å². The summed E-state index contributed by atoms with van der Waals surface area (Å²) in [6.07, 6.45) is -5.27. The minimum atomic E-state index is -5.75. The van der Waals surface area contributed by atoms with Crippen LogP contribution in [0.15, 0.2) is 0 Å². The topological polar surface area (TPSA) is 17.1 Å². The summed E-state index contributed by atoms with van der Waals surface area (Å²) < 4.78 is 59.2. The highest BCUT2D eigenvalue weighted by atomic mass is 19.4. The van der Waals surface area contributed by atoms with Gasteiger partial charge in [-0.25, -0.2) is 0 Å². The number of halogens is 5. The van der Waals surface area contributed by atoms with Gasteiger partial charge in [0, 0.05) is 6.42 Å². The lowest BCUT2D eigenvalue weighted by Gasteiger charge is -2.17. The predicted molar refractivity (Wildman–Crippen MR) is 33.4 cm³/mol. The maximum Gasteiger partial charge on any atom is 0.461 e. The molecule has 13 heavy (non-hydrogen) atoms. The molecular formula is C7H7F5O. The third-order valence-electron chi connectivity index (χ3n) is 1.88. The van der Waals surface area contributed by atoms with Gasteiger partial charge in [-0.1, -0.05) is 0 Å². The van der Waals surface area contributed by atoms with Crippen LogP contribution in [-0.4, -0.2) is 17.9 Å². The van der Waals surface area contributed by atoms with E-state index >= 15 is 0 Å². The van der Waals surface area contributed by atoms with E-state index in [-0.39, 0.29) is 5.92 Å². The van der Waals surface area contributed by atoms with E-state index in [2.05, 4.69) is 0 Å². The molecule has 0 saturated heterocycles. The van der Waals surface area contributed by atoms with Crippen molar-refractivity contribution in [3.8, 4) is 0 Å². The molecule has 76 valence electrons. The Kier molecular flexibility index (Phi) is 2.34. The fourth-order valence-corrected chi connectivity index (χ4v) is 0.870. The van der Waals surface area contributed by atoms with Crippen molar-refractivity contribution in [1.29, 1.82) is 0 Å². The van der Waals surface area contributed by atoms with E-state index in [4.69, 9.17) is 0 Å². The van der Waals surface area contributed by atoms with E-state index in [0.29, 0.717) is 12.8 Å². The van der Waals surface area contributed by atoms with E-state index in [1.807, 2.05) is 0 Å². The summed E-state index contributed by atoms with van der Waals surface area (Å²) >= 11 is 0. The number of hydrogen-bond donors (Lipinski definition) is 0. The Balaban J connectivity index is 2.61. The van der Waals surface area contributed by atoms with Crippen LogP contribution in [0.25, 0.3) is 0 Å². The third kappa shape index (κ3) is 2.16. The van der Waals surface area contributed by atoms with Gasteiger partial charge in [-0.2, -0.15) is 22.0 Å². The molecule has 0 bridgehead atoms. The van der Waals surface area contributed by atoms with Crippen molar-refractivity contribution in [3.05, 3.63) is 0 Å². The molecule has 1 aliphatic rings. The van der Waals surface area contributed by atoms with E-state index < -0.39 is 24.3 Å². The van der Waals surface area contributed by atoms with Crippen molar-refractivity contribution >= 4 is 5.78 Å². The Bertz CT molecular complexity index is 215. The molecule has 0 aromatic carbocycles. The number of Topliss-reactive ketones (excluding diaryl/α,β-unsaturated/α-hetero) is 1. The van der Waals surface area contributed by atoms with E-state index in [9.17, 15) is 26.7 Å². The second kappa shape index (κ2) is 2.92. The lowest BCUT2D eigenvalue weighted by atomic mass is 10.1. The fraction of sp³-hybridized carbons (Fsp3) is 0.857. The van der Waals surface area contributed by atoms with Crippen LogP contribution < -0.4 is 0 Å². The Morgan fingerprint density at radius 3 is 1.92 bits per heavy atom. The van der Waals surface area contributed by atoms with Crippen molar-refractivity contribution in [2.45, 2.75) is 31.4 Å². The van der Waals surface area contributed by atoms with Crippen molar-refractivity contribution in [2.75, 3.05) is 0 Å². The van der Waals surface area contributed by atoms with Gasteiger partial charge in [-0.05, 0) is 18.8 Å². The Morgan fingerprint density at radius 1 is 1.15 bits per heavy atom. The lowest BCUT2D eigenvalue weighted by molar-refractivity contribution is -0.268. The molecule has 1 rings (SSSR count). The summed E-state index contributed by atoms with van der Waals surface area (Å²) in [6, 6.07) is 0. The van der Waals surface area contributed by atoms with Gasteiger partial charge in [0.05, 0.1) is 0 Å². The van der Waals surface area contributed by atoms with Crippen LogP contribution in [-0.2, 0) is 4.79 Å². The van der Waals surface area contributed by atoms with Crippen LogP contribution in [0.1, 0.15) is 19.3 Å². The molecule has 1 aliphatic carbocycles. The standard InChI is InChI=1S/C7H7F5O/c8-6(9,7(10,11)12)5(13)3-4-1-2-4/h4H,1-3H2. The zero-order valence-corrected chi connectivity index (χ0v) is 6.50. The molecular weight excluding hydrogens is 195 g/mol. The predicted octanol–water partition coefficient (Wildman–Crippen LogP) is 2.55. The summed E-state index contributed by atoms with van der Waals surface area (Å²) in [5.74, 6) is -7.45. The molecule has 0 aliphatic heterocycles. The van der Waals surface area contributed by atoms with Crippen LogP contribution >= 0.6 is 0 Å². The third-order valence-corrected chi connectivity index (χ3v) is 1.88. The van der Waals surface area contributed by atoms with Crippen LogP contribution in [0.4, 0.5) is 22.0 Å². The molecule has 6 heteroatoms. The highest BCUT2D eigenvalue weighted by Crippen LogP contribution is 2.41. The number of rotatable bonds is 3. The minimum absolute atomic E-state index is 0.263. The van der Waals surface area contributed by atoms with Crippen LogP contribution in [0, 0.1) is 5.92 Å². The maximum absolute atomic E-state index is 12.2. The average Bonchev–Trinajstić information content (AvgIpc) is 2.68. The molecule has 0 aromatic rings. The monoisotopic (exact) mass is 202 g/mol. The molecule has 1 saturated carbocycles. The Hall–Kier alpha value is -0.680. The van der Waals surface area contributed by atoms with Gasteiger partial charge in [0.2, 0.25) is 5.78 Å². The second-order valence-corrected chi connectivity index (χ2v) is 3.14.